The Kier molecular flexibility index (Phi) is 4.68. The Morgan fingerprint density at radius 2 is 2.14 bits per heavy atom. The van der Waals surface area contributed by atoms with Crippen LogP contribution < -0.4 is 10.1 Å². The molecule has 28 heavy (non-hydrogen) atoms. The summed E-state index contributed by atoms with van der Waals surface area (Å²) in [4.78, 5) is 25.3. The fraction of sp³-hybridized carbons (Fsp3) is 0.278. The molecule has 0 radical (unpaired) electrons. The van der Waals surface area contributed by atoms with Crippen molar-refractivity contribution in [2.45, 2.75) is 19.9 Å². The lowest BCUT2D eigenvalue weighted by atomic mass is 10.1. The number of carbonyl (C=O) groups excluding carboxylic acids is 1. The zero-order valence-electron chi connectivity index (χ0n) is 15.0. The number of rotatable bonds is 6. The molecular formula is C18H17N3O5S2. The molecule has 0 bridgehead atoms. The van der Waals surface area contributed by atoms with Crippen molar-refractivity contribution in [3.8, 4) is 10.8 Å². The van der Waals surface area contributed by atoms with E-state index in [2.05, 4.69) is 5.10 Å². The quantitative estimate of drug-likeness (QED) is 0.568. The number of ketones is 1. The number of fused-ring (bicyclic) bond motifs is 1. The summed E-state index contributed by atoms with van der Waals surface area (Å²) in [6, 6.07) is 8.50. The van der Waals surface area contributed by atoms with Crippen LogP contribution in [0.25, 0.3) is 10.8 Å². The zero-order valence-corrected chi connectivity index (χ0v) is 16.6. The van der Waals surface area contributed by atoms with Gasteiger partial charge in [0.05, 0.1) is 16.3 Å². The maximum Gasteiger partial charge on any atom is 0.437 e. The van der Waals surface area contributed by atoms with Crippen LogP contribution in [0.15, 0.2) is 44.9 Å². The Morgan fingerprint density at radius 1 is 1.32 bits per heavy atom. The van der Waals surface area contributed by atoms with Crippen molar-refractivity contribution < 1.29 is 17.6 Å². The van der Waals surface area contributed by atoms with Gasteiger partial charge in [-0.3, -0.25) is 9.10 Å². The van der Waals surface area contributed by atoms with Crippen LogP contribution in [0.3, 0.4) is 0 Å². The maximum atomic E-state index is 12.6. The minimum absolute atomic E-state index is 0.0226. The van der Waals surface area contributed by atoms with Gasteiger partial charge in [-0.25, -0.2) is 13.2 Å². The van der Waals surface area contributed by atoms with Crippen LogP contribution in [-0.2, 0) is 23.0 Å². The predicted octanol–water partition coefficient (Wildman–Crippen LogP) is 2.16. The maximum absolute atomic E-state index is 12.6. The second-order valence-electron chi connectivity index (χ2n) is 6.30. The molecule has 0 unspecified atom stereocenters. The lowest BCUT2D eigenvalue weighted by molar-refractivity contribution is 0.0965. The number of hydrogen-bond donors (Lipinski definition) is 0. The van der Waals surface area contributed by atoms with Gasteiger partial charge in [0.2, 0.25) is 10.0 Å². The number of hydrogen-bond acceptors (Lipinski definition) is 7. The number of nitrogens with zero attached hydrogens (tertiary/aromatic N) is 3. The summed E-state index contributed by atoms with van der Waals surface area (Å²) in [5.74, 6) is -0.789. The third-order valence-corrected chi connectivity index (χ3v) is 7.22. The molecule has 10 heteroatoms. The number of aromatic nitrogens is 2. The number of anilines is 1. The second-order valence-corrected chi connectivity index (χ2v) is 9.43. The fourth-order valence-electron chi connectivity index (χ4n) is 3.12. The van der Waals surface area contributed by atoms with Crippen LogP contribution in [0, 0.1) is 0 Å². The van der Waals surface area contributed by atoms with Crippen molar-refractivity contribution in [3.05, 3.63) is 57.4 Å². The highest BCUT2D eigenvalue weighted by atomic mass is 32.2. The molecule has 3 aromatic rings. The van der Waals surface area contributed by atoms with Crippen LogP contribution in [0.1, 0.15) is 22.8 Å². The Balaban J connectivity index is 1.57. The van der Waals surface area contributed by atoms with E-state index in [-0.39, 0.29) is 24.0 Å². The van der Waals surface area contributed by atoms with E-state index in [0.717, 1.165) is 10.2 Å². The fourth-order valence-corrected chi connectivity index (χ4v) is 4.93. The first kappa shape index (κ1) is 18.6. The summed E-state index contributed by atoms with van der Waals surface area (Å²) in [6.45, 7) is 1.73. The van der Waals surface area contributed by atoms with Crippen LogP contribution in [0.4, 0.5) is 5.69 Å². The summed E-state index contributed by atoms with van der Waals surface area (Å²) in [5, 5.41) is 5.92. The molecule has 1 aromatic carbocycles. The van der Waals surface area contributed by atoms with Crippen molar-refractivity contribution in [1.82, 2.24) is 9.78 Å². The Bertz CT molecular complexity index is 1190. The molecule has 1 aliphatic heterocycles. The van der Waals surface area contributed by atoms with E-state index < -0.39 is 15.8 Å². The van der Waals surface area contributed by atoms with E-state index in [4.69, 9.17) is 4.42 Å². The lowest BCUT2D eigenvalue weighted by Crippen LogP contribution is -2.30. The van der Waals surface area contributed by atoms with Gasteiger partial charge in [-0.15, -0.1) is 16.4 Å². The summed E-state index contributed by atoms with van der Waals surface area (Å²) in [7, 11) is -3.34. The molecule has 0 aliphatic carbocycles. The number of thiophene rings is 1. The minimum Gasteiger partial charge on any atom is -0.387 e. The SMILES string of the molecule is CCS(=O)(=O)N1CCc2cc(C(=O)Cn3nc(-c4cccs4)oc3=O)ccc21. The largest absolute Gasteiger partial charge is 0.437 e. The van der Waals surface area contributed by atoms with Gasteiger partial charge >= 0.3 is 5.76 Å². The molecule has 0 atom stereocenters. The predicted molar refractivity (Wildman–Crippen MR) is 105 cm³/mol. The van der Waals surface area contributed by atoms with Gasteiger partial charge in [0, 0.05) is 12.1 Å². The van der Waals surface area contributed by atoms with Crippen molar-refractivity contribution in [1.29, 1.82) is 0 Å². The molecule has 4 rings (SSSR count). The highest BCUT2D eigenvalue weighted by Crippen LogP contribution is 2.31. The molecule has 8 nitrogen and oxygen atoms in total. The summed E-state index contributed by atoms with van der Waals surface area (Å²) >= 11 is 1.38. The van der Waals surface area contributed by atoms with Gasteiger partial charge in [-0.2, -0.15) is 4.68 Å². The Hall–Kier alpha value is -2.72. The van der Waals surface area contributed by atoms with Gasteiger partial charge in [-0.05, 0) is 48.6 Å². The van der Waals surface area contributed by atoms with Crippen molar-refractivity contribution >= 4 is 32.8 Å². The minimum atomic E-state index is -3.34. The molecule has 2 aromatic heterocycles. The lowest BCUT2D eigenvalue weighted by Gasteiger charge is -2.18. The molecule has 1 aliphatic rings. The highest BCUT2D eigenvalue weighted by Gasteiger charge is 2.28. The van der Waals surface area contributed by atoms with Gasteiger partial charge in [-0.1, -0.05) is 6.07 Å². The monoisotopic (exact) mass is 419 g/mol. The van der Waals surface area contributed by atoms with E-state index in [9.17, 15) is 18.0 Å². The van der Waals surface area contributed by atoms with Crippen LogP contribution in [0.2, 0.25) is 0 Å². The third-order valence-electron chi connectivity index (χ3n) is 4.59. The normalized spacial score (nSPS) is 13.7. The first-order chi connectivity index (χ1) is 13.4. The molecule has 0 saturated carbocycles. The summed E-state index contributed by atoms with van der Waals surface area (Å²) < 4.78 is 31.8. The Morgan fingerprint density at radius 3 is 2.86 bits per heavy atom. The molecule has 3 heterocycles. The average Bonchev–Trinajstić information content (AvgIpc) is 3.41. The zero-order chi connectivity index (χ0) is 19.9. The highest BCUT2D eigenvalue weighted by molar-refractivity contribution is 7.92. The molecule has 146 valence electrons. The molecule has 0 N–H and O–H groups in total. The van der Waals surface area contributed by atoms with Crippen LogP contribution >= 0.6 is 11.3 Å². The smallest absolute Gasteiger partial charge is 0.387 e. The number of carbonyl (C=O) groups is 1. The topological polar surface area (TPSA) is 102 Å². The number of Topliss-reactive ketones (excluding diaryl/α,β-unsaturated/α-hetero) is 1. The first-order valence-electron chi connectivity index (χ1n) is 8.67. The van der Waals surface area contributed by atoms with Crippen LogP contribution in [0.5, 0.6) is 0 Å². The summed E-state index contributed by atoms with van der Waals surface area (Å²) in [5.41, 5.74) is 1.81. The van der Waals surface area contributed by atoms with Crippen LogP contribution in [-0.4, -0.2) is 36.3 Å². The summed E-state index contributed by atoms with van der Waals surface area (Å²) in [6.07, 6.45) is 0.544. The van der Waals surface area contributed by atoms with Crippen molar-refractivity contribution in [2.24, 2.45) is 0 Å². The third kappa shape index (κ3) is 3.29. The van der Waals surface area contributed by atoms with Gasteiger partial charge in [0.1, 0.15) is 6.54 Å². The second kappa shape index (κ2) is 7.02. The van der Waals surface area contributed by atoms with Gasteiger partial charge < -0.3 is 4.42 Å². The van der Waals surface area contributed by atoms with Gasteiger partial charge in [0.25, 0.3) is 5.89 Å². The molecular weight excluding hydrogens is 402 g/mol. The number of benzene rings is 1. The first-order valence-corrected chi connectivity index (χ1v) is 11.2. The van der Waals surface area contributed by atoms with Crippen molar-refractivity contribution in [2.75, 3.05) is 16.6 Å². The van der Waals surface area contributed by atoms with E-state index >= 15 is 0 Å². The van der Waals surface area contributed by atoms with E-state index in [1.165, 1.54) is 15.6 Å². The molecule has 0 saturated heterocycles. The van der Waals surface area contributed by atoms with Gasteiger partial charge in [0.15, 0.2) is 5.78 Å². The molecule has 0 amide bonds. The van der Waals surface area contributed by atoms with E-state index in [0.29, 0.717) is 29.1 Å². The van der Waals surface area contributed by atoms with Crippen molar-refractivity contribution in [3.63, 3.8) is 0 Å². The van der Waals surface area contributed by atoms with E-state index in [1.807, 2.05) is 11.4 Å². The molecule has 0 spiro atoms. The standard InChI is InChI=1S/C18H17N3O5S2/c1-2-28(24,25)21-8-7-12-10-13(5-6-14(12)21)15(22)11-20-18(23)26-17(19-20)16-4-3-9-27-16/h3-6,9-10H,2,7-8,11H2,1H3. The van der Waals surface area contributed by atoms with E-state index in [1.54, 1.807) is 31.2 Å². The Labute approximate surface area is 165 Å². The molecule has 0 fully saturated rings. The number of sulfonamides is 1. The average molecular weight is 419 g/mol.